The third-order valence-electron chi connectivity index (χ3n) is 6.27. The number of rotatable bonds is 16. The van der Waals surface area contributed by atoms with Gasteiger partial charge in [-0.05, 0) is 42.7 Å². The fraction of sp³-hybridized carbons (Fsp3) is 0.400. The Labute approximate surface area is 262 Å². The van der Waals surface area contributed by atoms with E-state index in [9.17, 15) is 47.0 Å². The third-order valence-corrected chi connectivity index (χ3v) is 6.27. The minimum atomic E-state index is -4.51. The average molecular weight is 653 g/mol. The first-order chi connectivity index (χ1) is 21.6. The molecule has 0 bridgehead atoms. The molecular formula is C30H35F3N4O9. The number of nitrogens with one attached hydrogen (secondary N) is 4. The lowest BCUT2D eigenvalue weighted by Gasteiger charge is -2.25. The number of halogens is 3. The zero-order chi connectivity index (χ0) is 34.4. The number of hydrogen-bond acceptors (Lipinski definition) is 8. The predicted molar refractivity (Wildman–Crippen MR) is 155 cm³/mol. The summed E-state index contributed by atoms with van der Waals surface area (Å²) in [7, 11) is 0. The number of Topliss-reactive ketones (excluding diaryl/α,β-unsaturated/α-hetero) is 1. The first kappa shape index (κ1) is 37.0. The standard InChI is InChI=1S/C30H35F3N4O9/c1-17(2)26(37-24(39)14-34-29(44)46-15-19-9-11-20(12-10-19)30(31,32)33)28(43)35-18(3)27(42)36-22(13-25(40)41)23(38)16-45-21-7-5-4-6-8-21/h4-12,17-18,22,26H,13-16H2,1-3H3,(H,34,44)(H,35,43)(H,36,42)(H,37,39)(H,40,41). The van der Waals surface area contributed by atoms with Crippen LogP contribution in [0.3, 0.4) is 0 Å². The van der Waals surface area contributed by atoms with Crippen LogP contribution in [0.1, 0.15) is 38.3 Å². The second-order valence-corrected chi connectivity index (χ2v) is 10.4. The van der Waals surface area contributed by atoms with Crippen molar-refractivity contribution in [3.05, 3.63) is 65.7 Å². The number of carbonyl (C=O) groups excluding carboxylic acids is 5. The second kappa shape index (κ2) is 17.4. The van der Waals surface area contributed by atoms with Crippen molar-refractivity contribution in [3.63, 3.8) is 0 Å². The summed E-state index contributed by atoms with van der Waals surface area (Å²) in [5.74, 6) is -4.61. The van der Waals surface area contributed by atoms with Crippen LogP contribution in [0.25, 0.3) is 0 Å². The van der Waals surface area contributed by atoms with Gasteiger partial charge in [-0.15, -0.1) is 0 Å². The number of ketones is 1. The highest BCUT2D eigenvalue weighted by Gasteiger charge is 2.31. The largest absolute Gasteiger partial charge is 0.486 e. The molecule has 0 spiro atoms. The van der Waals surface area contributed by atoms with Gasteiger partial charge >= 0.3 is 18.2 Å². The summed E-state index contributed by atoms with van der Waals surface area (Å²) in [4.78, 5) is 73.9. The molecule has 250 valence electrons. The molecule has 3 atom stereocenters. The molecule has 0 aliphatic rings. The minimum Gasteiger partial charge on any atom is -0.486 e. The monoisotopic (exact) mass is 652 g/mol. The van der Waals surface area contributed by atoms with E-state index in [2.05, 4.69) is 21.3 Å². The summed E-state index contributed by atoms with van der Waals surface area (Å²) >= 11 is 0. The Hall–Kier alpha value is -5.15. The van der Waals surface area contributed by atoms with Gasteiger partial charge in [0.15, 0.2) is 5.78 Å². The van der Waals surface area contributed by atoms with E-state index in [0.29, 0.717) is 5.75 Å². The van der Waals surface area contributed by atoms with E-state index < -0.39 is 90.9 Å². The molecule has 0 aromatic heterocycles. The van der Waals surface area contributed by atoms with Crippen molar-refractivity contribution in [2.45, 2.75) is 58.1 Å². The molecule has 4 amide bonds. The molecule has 0 radical (unpaired) electrons. The number of benzene rings is 2. The van der Waals surface area contributed by atoms with Crippen molar-refractivity contribution in [3.8, 4) is 5.75 Å². The number of aliphatic carboxylic acids is 1. The molecule has 0 saturated carbocycles. The fourth-order valence-electron chi connectivity index (χ4n) is 3.76. The summed E-state index contributed by atoms with van der Waals surface area (Å²) in [5, 5.41) is 18.5. The van der Waals surface area contributed by atoms with Gasteiger partial charge in [-0.2, -0.15) is 13.2 Å². The van der Waals surface area contributed by atoms with Gasteiger partial charge in [-0.25, -0.2) is 4.79 Å². The van der Waals surface area contributed by atoms with E-state index in [1.165, 1.54) is 6.92 Å². The molecule has 3 unspecified atom stereocenters. The molecular weight excluding hydrogens is 617 g/mol. The molecule has 0 aliphatic heterocycles. The topological polar surface area (TPSA) is 189 Å². The molecule has 5 N–H and O–H groups in total. The van der Waals surface area contributed by atoms with Crippen molar-refractivity contribution in [2.75, 3.05) is 13.2 Å². The number of carbonyl (C=O) groups is 6. The Morgan fingerprint density at radius 3 is 2.04 bits per heavy atom. The van der Waals surface area contributed by atoms with Crippen molar-refractivity contribution < 1.29 is 56.5 Å². The molecule has 0 fully saturated rings. The fourth-order valence-corrected chi connectivity index (χ4v) is 3.76. The SMILES string of the molecule is CC(NC(=O)C(NC(=O)CNC(=O)OCc1ccc(C(F)(F)F)cc1)C(C)C)C(=O)NC(CC(=O)O)C(=O)COc1ccccc1. The lowest BCUT2D eigenvalue weighted by Crippen LogP contribution is -2.57. The van der Waals surface area contributed by atoms with Gasteiger partial charge in [-0.1, -0.05) is 44.2 Å². The maximum Gasteiger partial charge on any atom is 0.416 e. The van der Waals surface area contributed by atoms with Crippen LogP contribution in [0.2, 0.25) is 0 Å². The lowest BCUT2D eigenvalue weighted by molar-refractivity contribution is -0.141. The molecule has 13 nitrogen and oxygen atoms in total. The van der Waals surface area contributed by atoms with E-state index in [4.69, 9.17) is 9.47 Å². The van der Waals surface area contributed by atoms with Gasteiger partial charge in [0.05, 0.1) is 12.0 Å². The minimum absolute atomic E-state index is 0.279. The van der Waals surface area contributed by atoms with E-state index >= 15 is 0 Å². The highest BCUT2D eigenvalue weighted by molar-refractivity contribution is 5.96. The lowest BCUT2D eigenvalue weighted by atomic mass is 10.0. The Balaban J connectivity index is 1.86. The summed E-state index contributed by atoms with van der Waals surface area (Å²) in [6, 6.07) is 8.36. The molecule has 0 saturated heterocycles. The first-order valence-electron chi connectivity index (χ1n) is 14.0. The van der Waals surface area contributed by atoms with Crippen molar-refractivity contribution in [2.24, 2.45) is 5.92 Å². The molecule has 0 heterocycles. The van der Waals surface area contributed by atoms with Gasteiger partial charge in [0.2, 0.25) is 17.7 Å². The van der Waals surface area contributed by atoms with Crippen LogP contribution in [0.15, 0.2) is 54.6 Å². The smallest absolute Gasteiger partial charge is 0.416 e. The summed E-state index contributed by atoms with van der Waals surface area (Å²) in [6.45, 7) is 3.03. The van der Waals surface area contributed by atoms with Crippen LogP contribution in [0, 0.1) is 5.92 Å². The maximum absolute atomic E-state index is 12.9. The number of para-hydroxylation sites is 1. The predicted octanol–water partition coefficient (Wildman–Crippen LogP) is 2.18. The number of amides is 4. The van der Waals surface area contributed by atoms with Crippen LogP contribution in [0.4, 0.5) is 18.0 Å². The van der Waals surface area contributed by atoms with Gasteiger partial charge in [0.1, 0.15) is 43.6 Å². The number of ether oxygens (including phenoxy) is 2. The van der Waals surface area contributed by atoms with E-state index in [-0.39, 0.29) is 12.2 Å². The normalized spacial score (nSPS) is 13.0. The Bertz CT molecular complexity index is 1370. The number of alkyl halides is 3. The van der Waals surface area contributed by atoms with Crippen LogP contribution < -0.4 is 26.0 Å². The van der Waals surface area contributed by atoms with Crippen molar-refractivity contribution >= 4 is 35.6 Å². The number of carboxylic acid groups (broad SMARTS) is 1. The van der Waals surface area contributed by atoms with Gasteiger partial charge in [-0.3, -0.25) is 24.0 Å². The molecule has 16 heteroatoms. The van der Waals surface area contributed by atoms with Crippen LogP contribution in [-0.4, -0.2) is 72.0 Å². The molecule has 2 rings (SSSR count). The van der Waals surface area contributed by atoms with Crippen LogP contribution in [-0.2, 0) is 41.5 Å². The summed E-state index contributed by atoms with van der Waals surface area (Å²) < 4.78 is 48.2. The van der Waals surface area contributed by atoms with Gasteiger partial charge in [0.25, 0.3) is 0 Å². The van der Waals surface area contributed by atoms with Crippen LogP contribution >= 0.6 is 0 Å². The van der Waals surface area contributed by atoms with Crippen molar-refractivity contribution in [1.82, 2.24) is 21.3 Å². The number of hydrogen-bond donors (Lipinski definition) is 5. The molecule has 0 aliphatic carbocycles. The van der Waals surface area contributed by atoms with Gasteiger partial charge < -0.3 is 35.8 Å². The van der Waals surface area contributed by atoms with E-state index in [0.717, 1.165) is 24.3 Å². The highest BCUT2D eigenvalue weighted by Crippen LogP contribution is 2.29. The highest BCUT2D eigenvalue weighted by atomic mass is 19.4. The zero-order valence-electron chi connectivity index (χ0n) is 25.2. The quantitative estimate of drug-likeness (QED) is 0.181. The summed E-state index contributed by atoms with van der Waals surface area (Å²) in [6.07, 6.45) is -6.28. The van der Waals surface area contributed by atoms with Crippen molar-refractivity contribution in [1.29, 1.82) is 0 Å². The number of alkyl carbamates (subject to hydrolysis) is 1. The van der Waals surface area contributed by atoms with E-state index in [1.807, 2.05) is 0 Å². The molecule has 2 aromatic rings. The summed E-state index contributed by atoms with van der Waals surface area (Å²) in [5.41, 5.74) is -0.584. The van der Waals surface area contributed by atoms with Gasteiger partial charge in [0, 0.05) is 0 Å². The Kier molecular flexibility index (Phi) is 14.0. The average Bonchev–Trinajstić information content (AvgIpc) is 2.99. The Morgan fingerprint density at radius 1 is 0.848 bits per heavy atom. The van der Waals surface area contributed by atoms with E-state index in [1.54, 1.807) is 44.2 Å². The maximum atomic E-state index is 12.9. The third kappa shape index (κ3) is 12.8. The molecule has 2 aromatic carbocycles. The Morgan fingerprint density at radius 2 is 1.48 bits per heavy atom. The molecule has 46 heavy (non-hydrogen) atoms. The second-order valence-electron chi connectivity index (χ2n) is 10.4. The zero-order valence-corrected chi connectivity index (χ0v) is 25.2. The first-order valence-corrected chi connectivity index (χ1v) is 14.0. The number of carboxylic acids is 1. The van der Waals surface area contributed by atoms with Crippen LogP contribution in [0.5, 0.6) is 5.75 Å².